The van der Waals surface area contributed by atoms with Crippen LogP contribution in [-0.2, 0) is 0 Å². The number of aromatic nitrogens is 1. The van der Waals surface area contributed by atoms with E-state index in [0.29, 0.717) is 5.56 Å². The minimum Gasteiger partial charge on any atom is -0.391 e. The van der Waals surface area contributed by atoms with E-state index in [2.05, 4.69) is 16.0 Å². The van der Waals surface area contributed by atoms with Gasteiger partial charge in [-0.25, -0.2) is 0 Å². The lowest BCUT2D eigenvalue weighted by Gasteiger charge is -2.37. The molecule has 4 nitrogen and oxygen atoms in total. The number of fused-ring (bicyclic) bond motifs is 1. The van der Waals surface area contributed by atoms with Gasteiger partial charge in [0.1, 0.15) is 6.07 Å². The topological polar surface area (TPSA) is 60.2 Å². The molecule has 0 saturated heterocycles. The molecule has 1 aliphatic carbocycles. The third-order valence-corrected chi connectivity index (χ3v) is 4.41. The highest BCUT2D eigenvalue weighted by molar-refractivity contribution is 5.94. The standard InChI is InChI=1S/C17H19N3O/c1-20(15-8-4-5-9-16(15)21)17-12(10-18)11-19-14-7-3-2-6-13(14)17/h2-3,6-7,11,15-16,21H,4-5,8-9H2,1H3. The quantitative estimate of drug-likeness (QED) is 0.919. The Balaban J connectivity index is 2.11. The van der Waals surface area contributed by atoms with Crippen molar-refractivity contribution >= 4 is 16.6 Å². The first-order valence-electron chi connectivity index (χ1n) is 7.41. The molecule has 0 amide bonds. The van der Waals surface area contributed by atoms with Crippen molar-refractivity contribution in [3.05, 3.63) is 36.0 Å². The molecule has 2 atom stereocenters. The molecule has 2 aromatic rings. The molecule has 1 saturated carbocycles. The molecule has 1 aliphatic rings. The zero-order valence-corrected chi connectivity index (χ0v) is 12.2. The van der Waals surface area contributed by atoms with Gasteiger partial charge in [0.25, 0.3) is 0 Å². The minimum absolute atomic E-state index is 0.0663. The molecule has 3 rings (SSSR count). The molecule has 1 aromatic heterocycles. The van der Waals surface area contributed by atoms with Crippen molar-refractivity contribution in [1.82, 2.24) is 4.98 Å². The first-order valence-corrected chi connectivity index (χ1v) is 7.41. The number of hydrogen-bond donors (Lipinski definition) is 1. The Morgan fingerprint density at radius 3 is 2.81 bits per heavy atom. The number of pyridine rings is 1. The van der Waals surface area contributed by atoms with Gasteiger partial charge in [-0.05, 0) is 18.9 Å². The Morgan fingerprint density at radius 1 is 1.29 bits per heavy atom. The van der Waals surface area contributed by atoms with Crippen LogP contribution in [0.25, 0.3) is 10.9 Å². The number of nitriles is 1. The Bertz CT molecular complexity index is 692. The Kier molecular flexibility index (Phi) is 3.76. The number of benzene rings is 1. The zero-order chi connectivity index (χ0) is 14.8. The van der Waals surface area contributed by atoms with Gasteiger partial charge in [0, 0.05) is 18.6 Å². The van der Waals surface area contributed by atoms with Gasteiger partial charge >= 0.3 is 0 Å². The van der Waals surface area contributed by atoms with Crippen molar-refractivity contribution in [2.24, 2.45) is 0 Å². The van der Waals surface area contributed by atoms with E-state index < -0.39 is 0 Å². The van der Waals surface area contributed by atoms with Crippen LogP contribution in [0.15, 0.2) is 30.5 Å². The van der Waals surface area contributed by atoms with E-state index >= 15 is 0 Å². The maximum Gasteiger partial charge on any atom is 0.103 e. The van der Waals surface area contributed by atoms with Gasteiger partial charge < -0.3 is 10.0 Å². The van der Waals surface area contributed by atoms with Gasteiger partial charge in [-0.1, -0.05) is 31.0 Å². The van der Waals surface area contributed by atoms with Gasteiger partial charge in [-0.2, -0.15) is 5.26 Å². The molecular formula is C17H19N3O. The number of rotatable bonds is 2. The molecule has 1 heterocycles. The highest BCUT2D eigenvalue weighted by Crippen LogP contribution is 2.33. The van der Waals surface area contributed by atoms with Gasteiger partial charge in [-0.3, -0.25) is 4.98 Å². The second kappa shape index (κ2) is 5.71. The summed E-state index contributed by atoms with van der Waals surface area (Å²) in [7, 11) is 1.97. The van der Waals surface area contributed by atoms with E-state index in [0.717, 1.165) is 42.3 Å². The number of nitrogens with zero attached hydrogens (tertiary/aromatic N) is 3. The Morgan fingerprint density at radius 2 is 2.05 bits per heavy atom. The number of anilines is 1. The van der Waals surface area contributed by atoms with E-state index in [4.69, 9.17) is 0 Å². The number of hydrogen-bond acceptors (Lipinski definition) is 4. The van der Waals surface area contributed by atoms with Crippen molar-refractivity contribution in [3.8, 4) is 6.07 Å². The summed E-state index contributed by atoms with van der Waals surface area (Å²) < 4.78 is 0. The SMILES string of the molecule is CN(c1c(C#N)cnc2ccccc12)C1CCCCC1O. The summed E-state index contributed by atoms with van der Waals surface area (Å²) in [4.78, 5) is 6.42. The summed E-state index contributed by atoms with van der Waals surface area (Å²) in [5.41, 5.74) is 2.33. The molecular weight excluding hydrogens is 262 g/mol. The normalized spacial score (nSPS) is 22.0. The minimum atomic E-state index is -0.331. The summed E-state index contributed by atoms with van der Waals surface area (Å²) in [5, 5.41) is 20.7. The summed E-state index contributed by atoms with van der Waals surface area (Å²) in [6.45, 7) is 0. The van der Waals surface area contributed by atoms with Crippen LogP contribution >= 0.6 is 0 Å². The van der Waals surface area contributed by atoms with Crippen LogP contribution < -0.4 is 4.90 Å². The fraction of sp³-hybridized carbons (Fsp3) is 0.412. The van der Waals surface area contributed by atoms with Crippen LogP contribution in [0.2, 0.25) is 0 Å². The summed E-state index contributed by atoms with van der Waals surface area (Å²) in [5.74, 6) is 0. The van der Waals surface area contributed by atoms with Crippen LogP contribution in [0.1, 0.15) is 31.2 Å². The maximum atomic E-state index is 10.3. The summed E-state index contributed by atoms with van der Waals surface area (Å²) >= 11 is 0. The highest BCUT2D eigenvalue weighted by atomic mass is 16.3. The Hall–Kier alpha value is -2.12. The Labute approximate surface area is 124 Å². The fourth-order valence-corrected chi connectivity index (χ4v) is 3.30. The number of para-hydroxylation sites is 1. The molecule has 108 valence electrons. The molecule has 2 unspecified atom stereocenters. The molecule has 0 spiro atoms. The van der Waals surface area contributed by atoms with E-state index in [-0.39, 0.29) is 12.1 Å². The second-order valence-electron chi connectivity index (χ2n) is 5.68. The lowest BCUT2D eigenvalue weighted by molar-refractivity contribution is 0.106. The van der Waals surface area contributed by atoms with Crippen LogP contribution in [0.5, 0.6) is 0 Å². The summed E-state index contributed by atoms with van der Waals surface area (Å²) in [6.07, 6.45) is 5.29. The molecule has 21 heavy (non-hydrogen) atoms. The maximum absolute atomic E-state index is 10.3. The van der Waals surface area contributed by atoms with E-state index in [1.165, 1.54) is 0 Å². The van der Waals surface area contributed by atoms with Crippen molar-refractivity contribution in [1.29, 1.82) is 5.26 Å². The van der Waals surface area contributed by atoms with E-state index in [1.54, 1.807) is 6.20 Å². The molecule has 1 fully saturated rings. The molecule has 1 aromatic carbocycles. The molecule has 0 bridgehead atoms. The monoisotopic (exact) mass is 281 g/mol. The van der Waals surface area contributed by atoms with Gasteiger partial charge in [0.15, 0.2) is 0 Å². The highest BCUT2D eigenvalue weighted by Gasteiger charge is 2.28. The van der Waals surface area contributed by atoms with Crippen molar-refractivity contribution in [3.63, 3.8) is 0 Å². The lowest BCUT2D eigenvalue weighted by Crippen LogP contribution is -2.43. The van der Waals surface area contributed by atoms with Gasteiger partial charge in [-0.15, -0.1) is 0 Å². The molecule has 0 aliphatic heterocycles. The average Bonchev–Trinajstić information content (AvgIpc) is 2.53. The largest absolute Gasteiger partial charge is 0.391 e. The van der Waals surface area contributed by atoms with Gasteiger partial charge in [0.2, 0.25) is 0 Å². The fourth-order valence-electron chi connectivity index (χ4n) is 3.30. The van der Waals surface area contributed by atoms with Crippen LogP contribution in [-0.4, -0.2) is 29.3 Å². The zero-order valence-electron chi connectivity index (χ0n) is 12.2. The van der Waals surface area contributed by atoms with E-state index in [1.807, 2.05) is 31.3 Å². The first-order chi connectivity index (χ1) is 10.2. The molecule has 0 radical (unpaired) electrons. The molecule has 4 heteroatoms. The third-order valence-electron chi connectivity index (χ3n) is 4.41. The van der Waals surface area contributed by atoms with Crippen LogP contribution in [0.3, 0.4) is 0 Å². The number of aliphatic hydroxyl groups is 1. The van der Waals surface area contributed by atoms with Gasteiger partial charge in [0.05, 0.1) is 28.9 Å². The lowest BCUT2D eigenvalue weighted by atomic mass is 9.91. The van der Waals surface area contributed by atoms with Crippen molar-refractivity contribution < 1.29 is 5.11 Å². The molecule has 1 N–H and O–H groups in total. The average molecular weight is 281 g/mol. The predicted molar refractivity (Wildman–Crippen MR) is 83.1 cm³/mol. The van der Waals surface area contributed by atoms with Crippen LogP contribution in [0.4, 0.5) is 5.69 Å². The third kappa shape index (κ3) is 2.45. The van der Waals surface area contributed by atoms with Crippen molar-refractivity contribution in [2.75, 3.05) is 11.9 Å². The first kappa shape index (κ1) is 13.8. The second-order valence-corrected chi connectivity index (χ2v) is 5.68. The number of aliphatic hydroxyl groups excluding tert-OH is 1. The smallest absolute Gasteiger partial charge is 0.103 e. The van der Waals surface area contributed by atoms with Crippen LogP contribution in [0, 0.1) is 11.3 Å². The van der Waals surface area contributed by atoms with Crippen molar-refractivity contribution in [2.45, 2.75) is 37.8 Å². The predicted octanol–water partition coefficient (Wildman–Crippen LogP) is 2.85. The number of likely N-dealkylation sites (N-methyl/N-ethyl adjacent to an activating group) is 1. The van der Waals surface area contributed by atoms with E-state index in [9.17, 15) is 10.4 Å². The summed E-state index contributed by atoms with van der Waals surface area (Å²) in [6, 6.07) is 10.1.